The van der Waals surface area contributed by atoms with Crippen LogP contribution in [0.25, 0.3) is 0 Å². The van der Waals surface area contributed by atoms with Crippen molar-refractivity contribution in [1.29, 1.82) is 0 Å². The molecule has 2 atom stereocenters. The molecular formula is C15H20N4O3. The van der Waals surface area contributed by atoms with Gasteiger partial charge >= 0.3 is 0 Å². The Bertz CT molecular complexity index is 671. The Morgan fingerprint density at radius 3 is 2.86 bits per heavy atom. The number of ether oxygens (including phenoxy) is 2. The van der Waals surface area contributed by atoms with E-state index in [1.165, 1.54) is 0 Å². The molecule has 0 amide bonds. The number of anilines is 1. The number of aliphatic hydroxyl groups excluding tert-OH is 1. The molecular weight excluding hydrogens is 284 g/mol. The monoisotopic (exact) mass is 304 g/mol. The molecule has 1 aromatic heterocycles. The predicted molar refractivity (Wildman–Crippen MR) is 81.3 cm³/mol. The fraction of sp³-hybridized carbons (Fsp3) is 0.467. The number of rotatable bonds is 4. The Kier molecular flexibility index (Phi) is 3.89. The molecule has 1 aliphatic rings. The Labute approximate surface area is 128 Å². The van der Waals surface area contributed by atoms with Gasteiger partial charge in [0.25, 0.3) is 0 Å². The van der Waals surface area contributed by atoms with Crippen molar-refractivity contribution in [2.45, 2.75) is 32.0 Å². The van der Waals surface area contributed by atoms with Gasteiger partial charge in [0.1, 0.15) is 18.1 Å². The summed E-state index contributed by atoms with van der Waals surface area (Å²) in [6, 6.07) is 5.94. The van der Waals surface area contributed by atoms with Gasteiger partial charge in [0.2, 0.25) is 5.95 Å². The van der Waals surface area contributed by atoms with Gasteiger partial charge in [-0.05, 0) is 31.5 Å². The molecule has 2 N–H and O–H groups in total. The SMILES string of the molecule is COc1ccc(OC)c([C@H]2C[C@H](C)Nc3nc(CO)nn32)c1. The van der Waals surface area contributed by atoms with E-state index >= 15 is 0 Å². The Hall–Kier alpha value is -2.28. The lowest BCUT2D eigenvalue weighted by atomic mass is 9.97. The van der Waals surface area contributed by atoms with E-state index in [9.17, 15) is 5.11 Å². The number of aliphatic hydroxyl groups is 1. The molecule has 118 valence electrons. The minimum absolute atomic E-state index is 0.0240. The molecule has 2 aromatic rings. The number of nitrogens with zero attached hydrogens (tertiary/aromatic N) is 3. The van der Waals surface area contributed by atoms with E-state index in [0.717, 1.165) is 23.5 Å². The number of fused-ring (bicyclic) bond motifs is 1. The average Bonchev–Trinajstić information content (AvgIpc) is 2.96. The van der Waals surface area contributed by atoms with E-state index < -0.39 is 0 Å². The zero-order valence-electron chi connectivity index (χ0n) is 12.9. The molecule has 7 nitrogen and oxygen atoms in total. The van der Waals surface area contributed by atoms with Gasteiger partial charge in [-0.2, -0.15) is 10.1 Å². The van der Waals surface area contributed by atoms with Crippen LogP contribution < -0.4 is 14.8 Å². The van der Waals surface area contributed by atoms with Crippen molar-refractivity contribution in [2.75, 3.05) is 19.5 Å². The lowest BCUT2D eigenvalue weighted by Gasteiger charge is -2.30. The first-order chi connectivity index (χ1) is 10.7. The van der Waals surface area contributed by atoms with E-state index in [4.69, 9.17) is 9.47 Å². The minimum Gasteiger partial charge on any atom is -0.497 e. The smallest absolute Gasteiger partial charge is 0.222 e. The van der Waals surface area contributed by atoms with E-state index in [2.05, 4.69) is 22.3 Å². The molecule has 2 heterocycles. The number of hydrogen-bond donors (Lipinski definition) is 2. The number of benzene rings is 1. The second-order valence-electron chi connectivity index (χ2n) is 5.36. The van der Waals surface area contributed by atoms with Crippen molar-refractivity contribution < 1.29 is 14.6 Å². The average molecular weight is 304 g/mol. The summed E-state index contributed by atoms with van der Waals surface area (Å²) in [5.74, 6) is 2.62. The third kappa shape index (κ3) is 2.48. The molecule has 0 saturated carbocycles. The van der Waals surface area contributed by atoms with Gasteiger partial charge in [0.05, 0.1) is 20.3 Å². The minimum atomic E-state index is -0.183. The summed E-state index contributed by atoms with van der Waals surface area (Å²) in [6.45, 7) is 1.91. The van der Waals surface area contributed by atoms with Crippen LogP contribution in [-0.2, 0) is 6.61 Å². The zero-order valence-corrected chi connectivity index (χ0v) is 12.9. The normalized spacial score (nSPS) is 20.2. The highest BCUT2D eigenvalue weighted by Gasteiger charge is 2.30. The van der Waals surface area contributed by atoms with Crippen LogP contribution in [0.4, 0.5) is 5.95 Å². The lowest BCUT2D eigenvalue weighted by Crippen LogP contribution is -2.31. The molecule has 1 aliphatic heterocycles. The van der Waals surface area contributed by atoms with Crippen molar-refractivity contribution in [2.24, 2.45) is 0 Å². The van der Waals surface area contributed by atoms with Crippen LogP contribution in [0.15, 0.2) is 18.2 Å². The molecule has 0 saturated heterocycles. The summed E-state index contributed by atoms with van der Waals surface area (Å²) in [7, 11) is 3.29. The van der Waals surface area contributed by atoms with E-state index in [-0.39, 0.29) is 18.7 Å². The fourth-order valence-electron chi connectivity index (χ4n) is 2.82. The number of aromatic nitrogens is 3. The summed E-state index contributed by atoms with van der Waals surface area (Å²) < 4.78 is 12.6. The predicted octanol–water partition coefficient (Wildman–Crippen LogP) is 1.58. The Morgan fingerprint density at radius 2 is 2.18 bits per heavy atom. The first kappa shape index (κ1) is 14.6. The van der Waals surface area contributed by atoms with Crippen molar-refractivity contribution in [3.05, 3.63) is 29.6 Å². The maximum Gasteiger partial charge on any atom is 0.222 e. The van der Waals surface area contributed by atoms with Gasteiger partial charge in [-0.15, -0.1) is 0 Å². The molecule has 1 aromatic carbocycles. The van der Waals surface area contributed by atoms with Crippen LogP contribution in [0, 0.1) is 0 Å². The van der Waals surface area contributed by atoms with Crippen molar-refractivity contribution >= 4 is 5.95 Å². The van der Waals surface area contributed by atoms with Crippen LogP contribution in [0.5, 0.6) is 11.5 Å². The molecule has 0 fully saturated rings. The van der Waals surface area contributed by atoms with Crippen molar-refractivity contribution in [3.63, 3.8) is 0 Å². The lowest BCUT2D eigenvalue weighted by molar-refractivity contribution is 0.269. The fourth-order valence-corrected chi connectivity index (χ4v) is 2.82. The Balaban J connectivity index is 2.10. The molecule has 3 rings (SSSR count). The third-order valence-corrected chi connectivity index (χ3v) is 3.86. The Morgan fingerprint density at radius 1 is 1.36 bits per heavy atom. The quantitative estimate of drug-likeness (QED) is 0.892. The number of hydrogen-bond acceptors (Lipinski definition) is 6. The molecule has 0 radical (unpaired) electrons. The van der Waals surface area contributed by atoms with Gasteiger partial charge in [-0.25, -0.2) is 4.68 Å². The van der Waals surface area contributed by atoms with Gasteiger partial charge in [0.15, 0.2) is 5.82 Å². The molecule has 7 heteroatoms. The number of nitrogens with one attached hydrogen (secondary N) is 1. The molecule has 22 heavy (non-hydrogen) atoms. The highest BCUT2D eigenvalue weighted by atomic mass is 16.5. The van der Waals surface area contributed by atoms with Crippen LogP contribution in [0.1, 0.15) is 30.8 Å². The van der Waals surface area contributed by atoms with Crippen LogP contribution >= 0.6 is 0 Å². The summed E-state index contributed by atoms with van der Waals surface area (Å²) in [5, 5.41) is 17.0. The topological polar surface area (TPSA) is 81.4 Å². The van der Waals surface area contributed by atoms with Crippen LogP contribution in [0.2, 0.25) is 0 Å². The first-order valence-corrected chi connectivity index (χ1v) is 7.21. The molecule has 0 bridgehead atoms. The van der Waals surface area contributed by atoms with Crippen LogP contribution in [-0.4, -0.2) is 40.1 Å². The van der Waals surface area contributed by atoms with E-state index in [1.807, 2.05) is 22.9 Å². The highest BCUT2D eigenvalue weighted by Crippen LogP contribution is 2.37. The van der Waals surface area contributed by atoms with Gasteiger partial charge in [0, 0.05) is 11.6 Å². The zero-order chi connectivity index (χ0) is 15.7. The summed E-state index contributed by atoms with van der Waals surface area (Å²) in [4.78, 5) is 4.31. The van der Waals surface area contributed by atoms with E-state index in [0.29, 0.717) is 11.8 Å². The summed E-state index contributed by atoms with van der Waals surface area (Å²) in [5.41, 5.74) is 0.992. The number of methoxy groups -OCH3 is 2. The highest BCUT2D eigenvalue weighted by molar-refractivity contribution is 5.45. The van der Waals surface area contributed by atoms with Gasteiger partial charge in [-0.3, -0.25) is 0 Å². The summed E-state index contributed by atoms with van der Waals surface area (Å²) >= 11 is 0. The van der Waals surface area contributed by atoms with Gasteiger partial charge < -0.3 is 19.9 Å². The molecule has 0 unspecified atom stereocenters. The molecule has 0 spiro atoms. The third-order valence-electron chi connectivity index (χ3n) is 3.86. The maximum atomic E-state index is 9.28. The van der Waals surface area contributed by atoms with Crippen molar-refractivity contribution in [3.8, 4) is 11.5 Å². The van der Waals surface area contributed by atoms with Crippen LogP contribution in [0.3, 0.4) is 0 Å². The van der Waals surface area contributed by atoms with Gasteiger partial charge in [-0.1, -0.05) is 0 Å². The second kappa shape index (κ2) is 5.84. The standard InChI is InChI=1S/C15H20N4O3/c1-9-6-12(19-15(16-9)17-14(8-20)18-19)11-7-10(21-2)4-5-13(11)22-3/h4-5,7,9,12,20H,6,8H2,1-3H3,(H,16,17,18)/t9-,12+/m0/s1. The maximum absolute atomic E-state index is 9.28. The first-order valence-electron chi connectivity index (χ1n) is 7.21. The van der Waals surface area contributed by atoms with E-state index in [1.54, 1.807) is 14.2 Å². The second-order valence-corrected chi connectivity index (χ2v) is 5.36. The molecule has 0 aliphatic carbocycles. The van der Waals surface area contributed by atoms with Crippen molar-refractivity contribution in [1.82, 2.24) is 14.8 Å². The largest absolute Gasteiger partial charge is 0.497 e. The summed E-state index contributed by atoms with van der Waals surface area (Å²) in [6.07, 6.45) is 0.838.